The zero-order chi connectivity index (χ0) is 9.14. The maximum Gasteiger partial charge on any atom is 0.354 e. The summed E-state index contributed by atoms with van der Waals surface area (Å²) in [6.45, 7) is 2.05. The molecule has 0 aromatic carbocycles. The number of aromatic nitrogens is 1. The Morgan fingerprint density at radius 1 is 1.67 bits per heavy atom. The van der Waals surface area contributed by atoms with Gasteiger partial charge in [-0.1, -0.05) is 23.2 Å². The number of aromatic amines is 1. The van der Waals surface area contributed by atoms with Crippen LogP contribution in [-0.4, -0.2) is 17.6 Å². The minimum atomic E-state index is -0.452. The summed E-state index contributed by atoms with van der Waals surface area (Å²) in [6, 6.07) is 1.43. The Labute approximate surface area is 79.6 Å². The van der Waals surface area contributed by atoms with Crippen LogP contribution in [0.1, 0.15) is 17.4 Å². The molecule has 0 aliphatic heterocycles. The zero-order valence-electron chi connectivity index (χ0n) is 6.36. The van der Waals surface area contributed by atoms with Gasteiger partial charge in [0.25, 0.3) is 0 Å². The van der Waals surface area contributed by atoms with Crippen LogP contribution in [-0.2, 0) is 4.74 Å². The van der Waals surface area contributed by atoms with Crippen molar-refractivity contribution in [2.45, 2.75) is 6.92 Å². The molecule has 0 bridgehead atoms. The Kier molecular flexibility index (Phi) is 3.00. The summed E-state index contributed by atoms with van der Waals surface area (Å²) >= 11 is 11.2. The number of carbonyl (C=O) groups is 1. The van der Waals surface area contributed by atoms with Crippen molar-refractivity contribution in [3.05, 3.63) is 21.9 Å². The summed E-state index contributed by atoms with van der Waals surface area (Å²) < 4.78 is 4.71. The second kappa shape index (κ2) is 3.83. The molecular weight excluding hydrogens is 201 g/mol. The van der Waals surface area contributed by atoms with Crippen molar-refractivity contribution in [1.82, 2.24) is 4.98 Å². The van der Waals surface area contributed by atoms with Gasteiger partial charge in [-0.2, -0.15) is 0 Å². The van der Waals surface area contributed by atoms with E-state index in [1.165, 1.54) is 6.07 Å². The van der Waals surface area contributed by atoms with Crippen LogP contribution in [0.5, 0.6) is 0 Å². The number of hydrogen-bond acceptors (Lipinski definition) is 2. The number of carbonyl (C=O) groups excluding carboxylic acids is 1. The quantitative estimate of drug-likeness (QED) is 0.758. The highest BCUT2D eigenvalue weighted by atomic mass is 35.5. The zero-order valence-corrected chi connectivity index (χ0v) is 7.87. The molecule has 1 rings (SSSR count). The Morgan fingerprint density at radius 2 is 2.33 bits per heavy atom. The number of nitrogens with one attached hydrogen (secondary N) is 1. The van der Waals surface area contributed by atoms with Gasteiger partial charge in [-0.25, -0.2) is 4.79 Å². The van der Waals surface area contributed by atoms with E-state index < -0.39 is 5.97 Å². The van der Waals surface area contributed by atoms with Crippen molar-refractivity contribution >= 4 is 29.2 Å². The number of esters is 1. The fourth-order valence-electron chi connectivity index (χ4n) is 0.723. The number of rotatable bonds is 2. The van der Waals surface area contributed by atoms with Gasteiger partial charge < -0.3 is 9.72 Å². The highest BCUT2D eigenvalue weighted by Gasteiger charge is 2.11. The summed E-state index contributed by atoms with van der Waals surface area (Å²) in [5.41, 5.74) is 0.270. The lowest BCUT2D eigenvalue weighted by molar-refractivity contribution is 0.0520. The average Bonchev–Trinajstić information content (AvgIpc) is 2.33. The predicted octanol–water partition coefficient (Wildman–Crippen LogP) is 2.50. The van der Waals surface area contributed by atoms with Crippen LogP contribution in [0.15, 0.2) is 6.07 Å². The van der Waals surface area contributed by atoms with E-state index in [4.69, 9.17) is 27.9 Å². The van der Waals surface area contributed by atoms with Crippen LogP contribution >= 0.6 is 23.2 Å². The van der Waals surface area contributed by atoms with Crippen LogP contribution in [0.2, 0.25) is 10.2 Å². The first kappa shape index (κ1) is 9.42. The largest absolute Gasteiger partial charge is 0.461 e. The summed E-state index contributed by atoms with van der Waals surface area (Å²) in [7, 11) is 0. The predicted molar refractivity (Wildman–Crippen MR) is 46.8 cm³/mol. The molecule has 0 atom stereocenters. The third kappa shape index (κ3) is 1.93. The van der Waals surface area contributed by atoms with E-state index in [1.54, 1.807) is 6.92 Å². The molecule has 0 saturated heterocycles. The normalized spacial score (nSPS) is 9.92. The fourth-order valence-corrected chi connectivity index (χ4v) is 1.04. The Bertz CT molecular complexity index is 276. The van der Waals surface area contributed by atoms with Gasteiger partial charge in [-0.05, 0) is 13.0 Å². The molecule has 1 aromatic heterocycles. The lowest BCUT2D eigenvalue weighted by Crippen LogP contribution is -2.04. The molecule has 12 heavy (non-hydrogen) atoms. The number of H-pyrrole nitrogens is 1. The standard InChI is InChI=1S/C7H7Cl2NO2/c1-2-12-7(11)5-3-4(8)6(9)10-5/h3,10H,2H2,1H3. The Hall–Kier alpha value is -0.670. The van der Waals surface area contributed by atoms with Gasteiger partial charge in [0.2, 0.25) is 0 Å². The van der Waals surface area contributed by atoms with Crippen molar-refractivity contribution in [1.29, 1.82) is 0 Å². The maximum absolute atomic E-state index is 11.0. The van der Waals surface area contributed by atoms with Crippen molar-refractivity contribution in [3.8, 4) is 0 Å². The summed E-state index contributed by atoms with van der Waals surface area (Å²) in [4.78, 5) is 13.6. The van der Waals surface area contributed by atoms with Gasteiger partial charge in [0.05, 0.1) is 11.6 Å². The SMILES string of the molecule is CCOC(=O)c1cc(Cl)c(Cl)[nH]1. The number of ether oxygens (including phenoxy) is 1. The van der Waals surface area contributed by atoms with Gasteiger partial charge in [0, 0.05) is 0 Å². The molecule has 5 heteroatoms. The molecule has 0 aliphatic rings. The fraction of sp³-hybridized carbons (Fsp3) is 0.286. The lowest BCUT2D eigenvalue weighted by Gasteiger charge is -1.96. The highest BCUT2D eigenvalue weighted by Crippen LogP contribution is 2.21. The number of halogens is 2. The van der Waals surface area contributed by atoms with Crippen LogP contribution in [0.4, 0.5) is 0 Å². The second-order valence-corrected chi connectivity index (χ2v) is 2.85. The first-order chi connectivity index (χ1) is 5.65. The molecule has 1 heterocycles. The van der Waals surface area contributed by atoms with Crippen molar-refractivity contribution in [3.63, 3.8) is 0 Å². The van der Waals surface area contributed by atoms with E-state index in [1.807, 2.05) is 0 Å². The smallest absolute Gasteiger partial charge is 0.354 e. The van der Waals surface area contributed by atoms with Gasteiger partial charge in [-0.15, -0.1) is 0 Å². The topological polar surface area (TPSA) is 42.1 Å². The Morgan fingerprint density at radius 3 is 2.75 bits per heavy atom. The minimum absolute atomic E-state index is 0.250. The minimum Gasteiger partial charge on any atom is -0.461 e. The molecule has 0 saturated carbocycles. The van der Waals surface area contributed by atoms with E-state index in [9.17, 15) is 4.79 Å². The van der Waals surface area contributed by atoms with E-state index >= 15 is 0 Å². The van der Waals surface area contributed by atoms with Crippen molar-refractivity contribution in [2.24, 2.45) is 0 Å². The second-order valence-electron chi connectivity index (χ2n) is 2.07. The van der Waals surface area contributed by atoms with E-state index in [2.05, 4.69) is 4.98 Å². The first-order valence-corrected chi connectivity index (χ1v) is 4.12. The molecule has 0 aliphatic carbocycles. The van der Waals surface area contributed by atoms with Gasteiger partial charge in [0.1, 0.15) is 10.8 Å². The first-order valence-electron chi connectivity index (χ1n) is 3.36. The van der Waals surface area contributed by atoms with E-state index in [0.717, 1.165) is 0 Å². The van der Waals surface area contributed by atoms with Crippen molar-refractivity contribution in [2.75, 3.05) is 6.61 Å². The van der Waals surface area contributed by atoms with E-state index in [0.29, 0.717) is 11.6 Å². The summed E-state index contributed by atoms with van der Waals surface area (Å²) in [5.74, 6) is -0.452. The molecular formula is C7H7Cl2NO2. The molecule has 1 aromatic rings. The van der Waals surface area contributed by atoms with Gasteiger partial charge in [0.15, 0.2) is 0 Å². The summed E-state index contributed by atoms with van der Waals surface area (Å²) in [6.07, 6.45) is 0. The molecule has 0 spiro atoms. The third-order valence-electron chi connectivity index (χ3n) is 1.22. The molecule has 0 radical (unpaired) electrons. The summed E-state index contributed by atoms with van der Waals surface area (Å²) in [5, 5.41) is 0.569. The molecule has 66 valence electrons. The van der Waals surface area contributed by atoms with Crippen LogP contribution in [0.3, 0.4) is 0 Å². The number of hydrogen-bond donors (Lipinski definition) is 1. The molecule has 1 N–H and O–H groups in total. The Balaban J connectivity index is 2.82. The monoisotopic (exact) mass is 207 g/mol. The highest BCUT2D eigenvalue weighted by molar-refractivity contribution is 6.41. The average molecular weight is 208 g/mol. The van der Waals surface area contributed by atoms with Gasteiger partial charge in [-0.3, -0.25) is 0 Å². The van der Waals surface area contributed by atoms with Gasteiger partial charge >= 0.3 is 5.97 Å². The van der Waals surface area contributed by atoms with Crippen LogP contribution < -0.4 is 0 Å². The lowest BCUT2D eigenvalue weighted by atomic mass is 10.4. The molecule has 0 unspecified atom stereocenters. The maximum atomic E-state index is 11.0. The van der Waals surface area contributed by atoms with Crippen molar-refractivity contribution < 1.29 is 9.53 Å². The van der Waals surface area contributed by atoms with Crippen LogP contribution in [0, 0.1) is 0 Å². The molecule has 3 nitrogen and oxygen atoms in total. The van der Waals surface area contributed by atoms with E-state index in [-0.39, 0.29) is 10.8 Å². The third-order valence-corrected chi connectivity index (χ3v) is 1.91. The molecule has 0 amide bonds. The van der Waals surface area contributed by atoms with Crippen LogP contribution in [0.25, 0.3) is 0 Å². The molecule has 0 fully saturated rings.